The normalized spacial score (nSPS) is 15.5. The van der Waals surface area contributed by atoms with Crippen molar-refractivity contribution >= 4 is 12.4 Å². The summed E-state index contributed by atoms with van der Waals surface area (Å²) in [4.78, 5) is 0. The van der Waals surface area contributed by atoms with Crippen LogP contribution < -0.4 is 5.73 Å². The highest BCUT2D eigenvalue weighted by atomic mass is 35.5. The van der Waals surface area contributed by atoms with E-state index in [1.165, 1.54) is 6.92 Å². The number of rotatable bonds is 1. The third-order valence-corrected chi connectivity index (χ3v) is 1.87. The third kappa shape index (κ3) is 2.87. The molecule has 11 heavy (non-hydrogen) atoms. The molecule has 0 spiro atoms. The van der Waals surface area contributed by atoms with E-state index in [0.29, 0.717) is 0 Å². The van der Waals surface area contributed by atoms with Gasteiger partial charge in [-0.05, 0) is 20.8 Å². The molecule has 5 heteroatoms. The lowest BCUT2D eigenvalue weighted by Gasteiger charge is -2.31. The van der Waals surface area contributed by atoms with Crippen LogP contribution in [0.4, 0.5) is 13.2 Å². The molecule has 0 aliphatic rings. The fraction of sp³-hybridized carbons (Fsp3) is 1.00. The van der Waals surface area contributed by atoms with Crippen LogP contribution in [0.1, 0.15) is 20.8 Å². The molecule has 70 valence electrons. The van der Waals surface area contributed by atoms with Gasteiger partial charge >= 0.3 is 6.18 Å². The zero-order valence-corrected chi connectivity index (χ0v) is 7.51. The van der Waals surface area contributed by atoms with Crippen LogP contribution in [0.2, 0.25) is 0 Å². The second-order valence-electron chi connectivity index (χ2n) is 3.01. The van der Waals surface area contributed by atoms with E-state index in [-0.39, 0.29) is 12.4 Å². The first kappa shape index (κ1) is 13.6. The fourth-order valence-electron chi connectivity index (χ4n) is 0.258. The maximum absolute atomic E-state index is 12.0. The fourth-order valence-corrected chi connectivity index (χ4v) is 0.258. The molecule has 0 aliphatic carbocycles. The quantitative estimate of drug-likeness (QED) is 0.677. The Morgan fingerprint density at radius 2 is 1.45 bits per heavy atom. The second-order valence-corrected chi connectivity index (χ2v) is 3.01. The molecule has 0 radical (unpaired) electrons. The molecular weight excluding hydrogens is 179 g/mol. The van der Waals surface area contributed by atoms with Crippen molar-refractivity contribution in [3.63, 3.8) is 0 Å². The van der Waals surface area contributed by atoms with Gasteiger partial charge in [0.15, 0.2) is 0 Å². The number of nitrogens with two attached hydrogens (primary N) is 1. The number of hydrogen-bond donors (Lipinski definition) is 1. The monoisotopic (exact) mass is 191 g/mol. The molecule has 0 saturated heterocycles. The van der Waals surface area contributed by atoms with E-state index in [1.807, 2.05) is 0 Å². The summed E-state index contributed by atoms with van der Waals surface area (Å²) < 4.78 is 36.0. The van der Waals surface area contributed by atoms with Gasteiger partial charge in [-0.1, -0.05) is 0 Å². The Morgan fingerprint density at radius 1 is 1.18 bits per heavy atom. The zero-order valence-electron chi connectivity index (χ0n) is 6.70. The summed E-state index contributed by atoms with van der Waals surface area (Å²) in [6.07, 6.45) is -4.21. The standard InChI is InChI=1S/C6H12F3N.ClH/c1-4(10)5(2,3)6(7,8)9;/h4H,10H2,1-3H3;1H. The summed E-state index contributed by atoms with van der Waals surface area (Å²) >= 11 is 0. The SMILES string of the molecule is CC(N)C(C)(C)C(F)(F)F.Cl. The van der Waals surface area contributed by atoms with E-state index in [0.717, 1.165) is 13.8 Å². The summed E-state index contributed by atoms with van der Waals surface area (Å²) in [7, 11) is 0. The Hall–Kier alpha value is 0.0400. The predicted octanol–water partition coefficient (Wildman–Crippen LogP) is 2.34. The van der Waals surface area contributed by atoms with Gasteiger partial charge < -0.3 is 5.73 Å². The minimum Gasteiger partial charge on any atom is -0.327 e. The van der Waals surface area contributed by atoms with Crippen LogP contribution in [0.3, 0.4) is 0 Å². The number of hydrogen-bond acceptors (Lipinski definition) is 1. The van der Waals surface area contributed by atoms with Crippen molar-refractivity contribution in [1.29, 1.82) is 0 Å². The smallest absolute Gasteiger partial charge is 0.327 e. The molecule has 0 saturated carbocycles. The molecule has 0 aliphatic heterocycles. The van der Waals surface area contributed by atoms with Crippen molar-refractivity contribution in [2.24, 2.45) is 11.1 Å². The summed E-state index contributed by atoms with van der Waals surface area (Å²) in [6, 6.07) is -0.868. The molecule has 2 N–H and O–H groups in total. The van der Waals surface area contributed by atoms with Crippen molar-refractivity contribution < 1.29 is 13.2 Å². The van der Waals surface area contributed by atoms with Crippen LogP contribution in [-0.2, 0) is 0 Å². The van der Waals surface area contributed by atoms with Crippen LogP contribution in [0.25, 0.3) is 0 Å². The van der Waals surface area contributed by atoms with Gasteiger partial charge in [0.25, 0.3) is 0 Å². The average Bonchev–Trinajstić information content (AvgIpc) is 1.62. The molecule has 0 bridgehead atoms. The topological polar surface area (TPSA) is 26.0 Å². The Bertz CT molecular complexity index is 119. The van der Waals surface area contributed by atoms with Crippen LogP contribution in [0, 0.1) is 5.41 Å². The van der Waals surface area contributed by atoms with Gasteiger partial charge in [0, 0.05) is 6.04 Å². The molecule has 0 amide bonds. The Kier molecular flexibility index (Phi) is 4.49. The molecule has 0 aromatic rings. The minimum atomic E-state index is -4.21. The van der Waals surface area contributed by atoms with Gasteiger partial charge in [-0.3, -0.25) is 0 Å². The predicted molar refractivity (Wildman–Crippen MR) is 40.7 cm³/mol. The van der Waals surface area contributed by atoms with Crippen molar-refractivity contribution in [1.82, 2.24) is 0 Å². The van der Waals surface area contributed by atoms with Crippen molar-refractivity contribution in [2.75, 3.05) is 0 Å². The maximum Gasteiger partial charge on any atom is 0.395 e. The first-order valence-electron chi connectivity index (χ1n) is 3.02. The van der Waals surface area contributed by atoms with E-state index in [4.69, 9.17) is 5.73 Å². The van der Waals surface area contributed by atoms with E-state index in [1.54, 1.807) is 0 Å². The maximum atomic E-state index is 12.0. The third-order valence-electron chi connectivity index (χ3n) is 1.87. The van der Waals surface area contributed by atoms with Gasteiger partial charge in [-0.2, -0.15) is 13.2 Å². The Morgan fingerprint density at radius 3 is 1.45 bits per heavy atom. The second kappa shape index (κ2) is 3.63. The van der Waals surface area contributed by atoms with Crippen LogP contribution in [-0.4, -0.2) is 12.2 Å². The molecule has 1 atom stereocenters. The molecule has 1 nitrogen and oxygen atoms in total. The minimum absolute atomic E-state index is 0. The van der Waals surface area contributed by atoms with Gasteiger partial charge in [0.1, 0.15) is 0 Å². The molecular formula is C6H13ClF3N. The lowest BCUT2D eigenvalue weighted by molar-refractivity contribution is -0.216. The first-order chi connectivity index (χ1) is 4.19. The van der Waals surface area contributed by atoms with E-state index >= 15 is 0 Å². The molecule has 0 heterocycles. The lowest BCUT2D eigenvalue weighted by Crippen LogP contribution is -2.45. The number of alkyl halides is 3. The zero-order chi connectivity index (χ0) is 8.58. The summed E-state index contributed by atoms with van der Waals surface area (Å²) in [5.74, 6) is 0. The van der Waals surface area contributed by atoms with E-state index in [2.05, 4.69) is 0 Å². The largest absolute Gasteiger partial charge is 0.395 e. The lowest BCUT2D eigenvalue weighted by atomic mass is 9.85. The average molecular weight is 192 g/mol. The van der Waals surface area contributed by atoms with Gasteiger partial charge in [-0.25, -0.2) is 0 Å². The van der Waals surface area contributed by atoms with Crippen molar-refractivity contribution in [3.8, 4) is 0 Å². The highest BCUT2D eigenvalue weighted by molar-refractivity contribution is 5.85. The highest BCUT2D eigenvalue weighted by Gasteiger charge is 2.49. The first-order valence-corrected chi connectivity index (χ1v) is 3.02. The van der Waals surface area contributed by atoms with Crippen LogP contribution in [0.5, 0.6) is 0 Å². The Balaban J connectivity index is 0. The van der Waals surface area contributed by atoms with Gasteiger partial charge in [0.2, 0.25) is 0 Å². The Labute approximate surface area is 70.6 Å². The summed E-state index contributed by atoms with van der Waals surface area (Å²) in [6.45, 7) is 3.54. The van der Waals surface area contributed by atoms with Gasteiger partial charge in [-0.15, -0.1) is 12.4 Å². The molecule has 0 fully saturated rings. The van der Waals surface area contributed by atoms with Crippen molar-refractivity contribution in [3.05, 3.63) is 0 Å². The van der Waals surface area contributed by atoms with Crippen LogP contribution in [0.15, 0.2) is 0 Å². The van der Waals surface area contributed by atoms with Crippen molar-refractivity contribution in [2.45, 2.75) is 33.0 Å². The van der Waals surface area contributed by atoms with Crippen LogP contribution >= 0.6 is 12.4 Å². The molecule has 1 unspecified atom stereocenters. The van der Waals surface area contributed by atoms with E-state index in [9.17, 15) is 13.2 Å². The molecule has 0 aromatic carbocycles. The van der Waals surface area contributed by atoms with Gasteiger partial charge in [0.05, 0.1) is 5.41 Å². The summed E-state index contributed by atoms with van der Waals surface area (Å²) in [5.41, 5.74) is 3.35. The summed E-state index contributed by atoms with van der Waals surface area (Å²) in [5, 5.41) is 0. The molecule has 0 rings (SSSR count). The van der Waals surface area contributed by atoms with E-state index < -0.39 is 17.6 Å². The number of halogens is 4. The highest BCUT2D eigenvalue weighted by Crippen LogP contribution is 2.39. The molecule has 0 aromatic heterocycles.